The minimum Gasteiger partial charge on any atom is -0.0955 e. The van der Waals surface area contributed by atoms with Gasteiger partial charge in [-0.15, -0.1) is 0 Å². The highest BCUT2D eigenvalue weighted by atomic mass is 14.3. The highest BCUT2D eigenvalue weighted by molar-refractivity contribution is 5.64. The van der Waals surface area contributed by atoms with Gasteiger partial charge < -0.3 is 0 Å². The maximum atomic E-state index is 4.74. The van der Waals surface area contributed by atoms with E-state index in [1.165, 1.54) is 122 Å². The normalized spacial score (nSPS) is 26.2. The molecular weight excluding hydrogens is 540 g/mol. The Kier molecular flexibility index (Phi) is 11.4. The molecule has 0 saturated heterocycles. The van der Waals surface area contributed by atoms with Crippen LogP contribution < -0.4 is 0 Å². The Morgan fingerprint density at radius 3 is 2.36 bits per heavy atom. The second kappa shape index (κ2) is 15.0. The van der Waals surface area contributed by atoms with Gasteiger partial charge in [-0.25, -0.2) is 0 Å². The van der Waals surface area contributed by atoms with Crippen LogP contribution in [0.4, 0.5) is 0 Å². The van der Waals surface area contributed by atoms with Gasteiger partial charge in [0, 0.05) is 0 Å². The summed E-state index contributed by atoms with van der Waals surface area (Å²) >= 11 is 0. The molecule has 1 aromatic carbocycles. The van der Waals surface area contributed by atoms with Gasteiger partial charge >= 0.3 is 0 Å². The molecule has 0 heteroatoms. The maximum absolute atomic E-state index is 4.74. The lowest BCUT2D eigenvalue weighted by Crippen LogP contribution is -2.23. The molecule has 0 aromatic heterocycles. The Labute approximate surface area is 278 Å². The maximum Gasteiger partial charge on any atom is -0.00230 e. The van der Waals surface area contributed by atoms with Crippen molar-refractivity contribution < 1.29 is 0 Å². The van der Waals surface area contributed by atoms with Crippen molar-refractivity contribution in [3.63, 3.8) is 0 Å². The molecule has 0 aliphatic heterocycles. The molecule has 0 nitrogen and oxygen atoms in total. The van der Waals surface area contributed by atoms with Gasteiger partial charge in [0.25, 0.3) is 0 Å². The largest absolute Gasteiger partial charge is 0.0955 e. The number of hydrogen-bond donors (Lipinski definition) is 0. The quantitative estimate of drug-likeness (QED) is 0.223. The highest BCUT2D eigenvalue weighted by Crippen LogP contribution is 2.44. The molecule has 2 atom stereocenters. The van der Waals surface area contributed by atoms with Crippen LogP contribution in [0.2, 0.25) is 0 Å². The standard InChI is InChI=1S/C45H64/c1-9-35-17-19-36(20-18-35)21-22-40(39-15-11-14-38(27-39)32(3)24-37-12-10-13-37)25-33(4)41-26-34(5)42(28-41)29-43-30-44(45(6,7)8)23-16-31(43)2/h11,14-15,27-29,35-37,40,44H,3-5,9-10,12-13,16-26,30H2,1-2,6-8H3/b42-29-/t35?,36?,40-,44-/m0/s1. The summed E-state index contributed by atoms with van der Waals surface area (Å²) in [6.07, 6.45) is 25.7. The van der Waals surface area contributed by atoms with Crippen LogP contribution in [-0.2, 0) is 0 Å². The monoisotopic (exact) mass is 605 g/mol. The van der Waals surface area contributed by atoms with Crippen molar-refractivity contribution in [3.8, 4) is 0 Å². The van der Waals surface area contributed by atoms with Crippen molar-refractivity contribution in [3.05, 3.63) is 101 Å². The van der Waals surface area contributed by atoms with E-state index >= 15 is 0 Å². The Balaban J connectivity index is 1.31. The molecule has 0 N–H and O–H groups in total. The van der Waals surface area contributed by atoms with Crippen LogP contribution in [0.1, 0.15) is 154 Å². The van der Waals surface area contributed by atoms with Crippen molar-refractivity contribution in [2.45, 2.75) is 143 Å². The zero-order valence-electron chi connectivity index (χ0n) is 29.8. The minimum absolute atomic E-state index is 0.359. The van der Waals surface area contributed by atoms with Gasteiger partial charge in [0.1, 0.15) is 0 Å². The fourth-order valence-corrected chi connectivity index (χ4v) is 8.60. The topological polar surface area (TPSA) is 0 Å². The van der Waals surface area contributed by atoms with E-state index in [-0.39, 0.29) is 0 Å². The van der Waals surface area contributed by atoms with E-state index in [2.05, 4.69) is 84.2 Å². The molecule has 0 heterocycles. The Hall–Kier alpha value is -2.34. The summed E-state index contributed by atoms with van der Waals surface area (Å²) in [5, 5.41) is 0. The van der Waals surface area contributed by atoms with Crippen LogP contribution in [0, 0.1) is 29.1 Å². The average molecular weight is 605 g/mol. The van der Waals surface area contributed by atoms with Gasteiger partial charge in [-0.2, -0.15) is 0 Å². The predicted molar refractivity (Wildman–Crippen MR) is 198 cm³/mol. The second-order valence-corrected chi connectivity index (χ2v) is 16.8. The van der Waals surface area contributed by atoms with Crippen LogP contribution in [0.25, 0.3) is 5.57 Å². The Bertz CT molecular complexity index is 1320. The van der Waals surface area contributed by atoms with E-state index in [9.17, 15) is 0 Å². The molecule has 0 bridgehead atoms. The summed E-state index contributed by atoms with van der Waals surface area (Å²) in [5.74, 6) is 3.97. The zero-order valence-corrected chi connectivity index (χ0v) is 29.8. The Morgan fingerprint density at radius 1 is 0.956 bits per heavy atom. The summed E-state index contributed by atoms with van der Waals surface area (Å²) in [7, 11) is 0. The number of hydrogen-bond acceptors (Lipinski definition) is 0. The van der Waals surface area contributed by atoms with E-state index in [0.29, 0.717) is 11.3 Å². The molecule has 45 heavy (non-hydrogen) atoms. The summed E-state index contributed by atoms with van der Waals surface area (Å²) in [6.45, 7) is 25.8. The molecular formula is C45H64. The third-order valence-electron chi connectivity index (χ3n) is 12.5. The lowest BCUT2D eigenvalue weighted by molar-refractivity contribution is 0.217. The third kappa shape index (κ3) is 8.93. The zero-order chi connectivity index (χ0) is 32.1. The lowest BCUT2D eigenvalue weighted by atomic mass is 9.70. The predicted octanol–water partition coefficient (Wildman–Crippen LogP) is 13.9. The highest BCUT2D eigenvalue weighted by Gasteiger charge is 2.29. The first-order valence-corrected chi connectivity index (χ1v) is 18.7. The van der Waals surface area contributed by atoms with E-state index < -0.39 is 0 Å². The molecule has 0 spiro atoms. The molecule has 0 unspecified atom stereocenters. The van der Waals surface area contributed by atoms with Gasteiger partial charge in [0.15, 0.2) is 0 Å². The molecule has 4 aliphatic carbocycles. The van der Waals surface area contributed by atoms with Crippen molar-refractivity contribution in [1.29, 1.82) is 0 Å². The molecule has 1 aromatic rings. The average Bonchev–Trinajstić information content (AvgIpc) is 3.37. The lowest BCUT2D eigenvalue weighted by Gasteiger charge is -2.35. The number of allylic oxidation sites excluding steroid dienone is 9. The van der Waals surface area contributed by atoms with E-state index in [4.69, 9.17) is 6.58 Å². The van der Waals surface area contributed by atoms with Gasteiger partial charge in [-0.1, -0.05) is 146 Å². The summed E-state index contributed by atoms with van der Waals surface area (Å²) in [6, 6.07) is 9.48. The van der Waals surface area contributed by atoms with Gasteiger partial charge in [0.2, 0.25) is 0 Å². The van der Waals surface area contributed by atoms with Crippen LogP contribution in [0.15, 0.2) is 89.6 Å². The fourth-order valence-electron chi connectivity index (χ4n) is 8.60. The summed E-state index contributed by atoms with van der Waals surface area (Å²) < 4.78 is 0. The first kappa shape index (κ1) is 34.0. The van der Waals surface area contributed by atoms with Gasteiger partial charge in [-0.3, -0.25) is 0 Å². The van der Waals surface area contributed by atoms with E-state index in [0.717, 1.165) is 42.9 Å². The summed E-state index contributed by atoms with van der Waals surface area (Å²) in [4.78, 5) is 0. The van der Waals surface area contributed by atoms with Crippen LogP contribution in [0.3, 0.4) is 0 Å². The molecule has 2 saturated carbocycles. The first-order valence-electron chi connectivity index (χ1n) is 18.7. The van der Waals surface area contributed by atoms with Crippen LogP contribution >= 0.6 is 0 Å². The third-order valence-corrected chi connectivity index (χ3v) is 12.5. The Morgan fingerprint density at radius 2 is 1.69 bits per heavy atom. The van der Waals surface area contributed by atoms with E-state index in [1.54, 1.807) is 11.1 Å². The van der Waals surface area contributed by atoms with Crippen LogP contribution in [-0.4, -0.2) is 0 Å². The smallest absolute Gasteiger partial charge is 0.00230 e. The van der Waals surface area contributed by atoms with Crippen molar-refractivity contribution in [2.75, 3.05) is 0 Å². The minimum atomic E-state index is 0.359. The molecule has 4 aliphatic rings. The molecule has 2 fully saturated rings. The van der Waals surface area contributed by atoms with Crippen molar-refractivity contribution >= 4 is 5.57 Å². The van der Waals surface area contributed by atoms with Crippen molar-refractivity contribution in [2.24, 2.45) is 29.1 Å². The van der Waals surface area contributed by atoms with Gasteiger partial charge in [0.05, 0.1) is 0 Å². The molecule has 5 rings (SSSR count). The fraction of sp³-hybridized carbons (Fsp3) is 0.600. The SMILES string of the molecule is C=C(C[C@H](CCC1CCC(CC)CC1)c1cccc(C(=C)CC2CCC2)c1)C1=C/C(=C/C2=C(C)CC[C@H](C(C)(C)C)C2)C(=C)C1. The second-order valence-electron chi connectivity index (χ2n) is 16.8. The van der Waals surface area contributed by atoms with Crippen molar-refractivity contribution in [1.82, 2.24) is 0 Å². The van der Waals surface area contributed by atoms with Crippen LogP contribution in [0.5, 0.6) is 0 Å². The molecule has 244 valence electrons. The van der Waals surface area contributed by atoms with E-state index in [1.807, 2.05) is 0 Å². The van der Waals surface area contributed by atoms with Gasteiger partial charge in [-0.05, 0) is 132 Å². The molecule has 0 amide bonds. The summed E-state index contributed by atoms with van der Waals surface area (Å²) in [5.41, 5.74) is 13.0. The molecule has 0 radical (unpaired) electrons. The first-order chi connectivity index (χ1) is 21.5. The number of rotatable bonds is 12. The number of benzene rings is 1.